The average molecular weight is 332 g/mol. The predicted octanol–water partition coefficient (Wildman–Crippen LogP) is 3.41. The van der Waals surface area contributed by atoms with Crippen molar-refractivity contribution in [3.63, 3.8) is 0 Å². The molecule has 0 N–H and O–H groups in total. The highest BCUT2D eigenvalue weighted by atomic mass is 16.2. The Balaban J connectivity index is 1.94. The third-order valence-electron chi connectivity index (χ3n) is 4.04. The second-order valence-electron chi connectivity index (χ2n) is 5.90. The first-order chi connectivity index (χ1) is 12.2. The van der Waals surface area contributed by atoms with Crippen molar-refractivity contribution >= 4 is 23.1 Å². The summed E-state index contributed by atoms with van der Waals surface area (Å²) in [6.45, 7) is 2.16. The maximum Gasteiger partial charge on any atom is 0.248 e. The van der Waals surface area contributed by atoms with Crippen molar-refractivity contribution in [3.8, 4) is 0 Å². The quantitative estimate of drug-likeness (QED) is 0.788. The van der Waals surface area contributed by atoms with Crippen LogP contribution in [-0.4, -0.2) is 30.5 Å². The fourth-order valence-corrected chi connectivity index (χ4v) is 2.90. The Bertz CT molecular complexity index is 838. The lowest BCUT2D eigenvalue weighted by Crippen LogP contribution is -2.33. The lowest BCUT2D eigenvalue weighted by Gasteiger charge is -2.22. The monoisotopic (exact) mass is 332 g/mol. The van der Waals surface area contributed by atoms with Gasteiger partial charge in [0.25, 0.3) is 0 Å². The fraction of sp³-hybridized carbons (Fsp3) is 0.190. The van der Waals surface area contributed by atoms with Crippen molar-refractivity contribution in [2.75, 3.05) is 18.0 Å². The largest absolute Gasteiger partial charge is 0.310 e. The Hall–Kier alpha value is -3.01. The van der Waals surface area contributed by atoms with Crippen molar-refractivity contribution in [2.24, 2.45) is 4.99 Å². The molecule has 126 valence electrons. The summed E-state index contributed by atoms with van der Waals surface area (Å²) in [6.07, 6.45) is 3.97. The van der Waals surface area contributed by atoms with Crippen LogP contribution in [0.25, 0.3) is 0 Å². The zero-order valence-electron chi connectivity index (χ0n) is 14.2. The van der Waals surface area contributed by atoms with Gasteiger partial charge in [0, 0.05) is 17.7 Å². The van der Waals surface area contributed by atoms with Crippen molar-refractivity contribution < 1.29 is 9.59 Å². The lowest BCUT2D eigenvalue weighted by molar-refractivity contribution is -0.117. The van der Waals surface area contributed by atoms with Crippen LogP contribution in [0.15, 0.2) is 71.7 Å². The van der Waals surface area contributed by atoms with E-state index in [1.165, 1.54) is 6.92 Å². The molecule has 0 saturated heterocycles. The normalized spacial score (nSPS) is 14.2. The molecule has 0 radical (unpaired) electrons. The molecule has 0 spiro atoms. The van der Waals surface area contributed by atoms with Gasteiger partial charge in [0.2, 0.25) is 5.91 Å². The van der Waals surface area contributed by atoms with Gasteiger partial charge in [-0.2, -0.15) is 0 Å². The molecule has 0 fully saturated rings. The molecule has 1 aliphatic rings. The van der Waals surface area contributed by atoms with E-state index in [9.17, 15) is 9.59 Å². The minimum absolute atomic E-state index is 0.0114. The minimum atomic E-state index is -0.0328. The number of carbonyl (C=O) groups excluding carboxylic acids is 2. The van der Waals surface area contributed by atoms with Gasteiger partial charge in [0.15, 0.2) is 5.78 Å². The molecule has 1 amide bonds. The SMILES string of the molecule is CC(=O)/C=C/CCN1C(=O)CN=C(c2ccccc2)c2ccccc21. The molecule has 3 rings (SSSR count). The Morgan fingerprint density at radius 1 is 1.12 bits per heavy atom. The number of amides is 1. The van der Waals surface area contributed by atoms with Gasteiger partial charge in [-0.05, 0) is 25.5 Å². The van der Waals surface area contributed by atoms with E-state index in [1.807, 2.05) is 60.7 Å². The van der Waals surface area contributed by atoms with Crippen LogP contribution >= 0.6 is 0 Å². The molecule has 0 saturated carbocycles. The molecule has 25 heavy (non-hydrogen) atoms. The fourth-order valence-electron chi connectivity index (χ4n) is 2.90. The summed E-state index contributed by atoms with van der Waals surface area (Å²) in [5, 5.41) is 0. The van der Waals surface area contributed by atoms with Gasteiger partial charge < -0.3 is 4.90 Å². The maximum absolute atomic E-state index is 12.6. The zero-order valence-corrected chi connectivity index (χ0v) is 14.2. The Morgan fingerprint density at radius 3 is 2.60 bits per heavy atom. The summed E-state index contributed by atoms with van der Waals surface area (Å²) in [5.41, 5.74) is 3.66. The first kappa shape index (κ1) is 16.8. The van der Waals surface area contributed by atoms with Crippen LogP contribution in [0.5, 0.6) is 0 Å². The highest BCUT2D eigenvalue weighted by Crippen LogP contribution is 2.26. The third kappa shape index (κ3) is 3.91. The number of allylic oxidation sites excluding steroid dienone is 1. The van der Waals surface area contributed by atoms with E-state index < -0.39 is 0 Å². The Morgan fingerprint density at radius 2 is 1.84 bits per heavy atom. The number of benzodiazepines with no additional fused rings is 1. The molecular formula is C21H20N2O2. The molecule has 1 heterocycles. The van der Waals surface area contributed by atoms with Gasteiger partial charge in [-0.1, -0.05) is 54.6 Å². The van der Waals surface area contributed by atoms with E-state index in [1.54, 1.807) is 11.0 Å². The smallest absolute Gasteiger partial charge is 0.248 e. The van der Waals surface area contributed by atoms with Crippen LogP contribution in [0.2, 0.25) is 0 Å². The number of para-hydroxylation sites is 1. The van der Waals surface area contributed by atoms with Crippen LogP contribution in [0.1, 0.15) is 24.5 Å². The molecule has 2 aromatic carbocycles. The standard InChI is InChI=1S/C21H20N2O2/c1-16(24)9-7-8-14-23-19-13-6-5-12-18(19)21(22-15-20(23)25)17-10-3-2-4-11-17/h2-7,9-13H,8,14-15H2,1H3/b9-7+. The summed E-state index contributed by atoms with van der Waals surface area (Å²) in [6, 6.07) is 17.8. The molecular weight excluding hydrogens is 312 g/mol. The highest BCUT2D eigenvalue weighted by molar-refractivity contribution is 6.19. The maximum atomic E-state index is 12.6. The number of fused-ring (bicyclic) bond motifs is 1. The molecule has 4 heteroatoms. The summed E-state index contributed by atoms with van der Waals surface area (Å²) in [7, 11) is 0. The zero-order chi connectivity index (χ0) is 17.6. The molecule has 2 aromatic rings. The van der Waals surface area contributed by atoms with E-state index in [4.69, 9.17) is 0 Å². The molecule has 0 atom stereocenters. The number of benzene rings is 2. The van der Waals surface area contributed by atoms with Crippen LogP contribution in [0, 0.1) is 0 Å². The number of ketones is 1. The van der Waals surface area contributed by atoms with Gasteiger partial charge in [-0.15, -0.1) is 0 Å². The molecule has 1 aliphatic heterocycles. The number of anilines is 1. The van der Waals surface area contributed by atoms with Gasteiger partial charge in [0.1, 0.15) is 6.54 Å². The molecule has 0 aromatic heterocycles. The average Bonchev–Trinajstić information content (AvgIpc) is 2.76. The summed E-state index contributed by atoms with van der Waals surface area (Å²) in [5.74, 6) is -0.0214. The number of carbonyl (C=O) groups is 2. The van der Waals surface area contributed by atoms with E-state index in [2.05, 4.69) is 4.99 Å². The highest BCUT2D eigenvalue weighted by Gasteiger charge is 2.24. The number of hydrogen-bond acceptors (Lipinski definition) is 3. The van der Waals surface area contributed by atoms with Crippen molar-refractivity contribution in [2.45, 2.75) is 13.3 Å². The van der Waals surface area contributed by atoms with Gasteiger partial charge >= 0.3 is 0 Å². The predicted molar refractivity (Wildman–Crippen MR) is 100 cm³/mol. The van der Waals surface area contributed by atoms with Gasteiger partial charge in [0.05, 0.1) is 11.4 Å². The second kappa shape index (κ2) is 7.71. The Kier molecular flexibility index (Phi) is 5.19. The topological polar surface area (TPSA) is 49.7 Å². The van der Waals surface area contributed by atoms with E-state index >= 15 is 0 Å². The van der Waals surface area contributed by atoms with Crippen molar-refractivity contribution in [3.05, 3.63) is 77.9 Å². The van der Waals surface area contributed by atoms with Gasteiger partial charge in [-0.3, -0.25) is 14.6 Å². The van der Waals surface area contributed by atoms with E-state index in [0.717, 1.165) is 22.5 Å². The summed E-state index contributed by atoms with van der Waals surface area (Å²) < 4.78 is 0. The van der Waals surface area contributed by atoms with E-state index in [0.29, 0.717) is 13.0 Å². The number of hydrogen-bond donors (Lipinski definition) is 0. The summed E-state index contributed by atoms with van der Waals surface area (Å²) in [4.78, 5) is 30.0. The van der Waals surface area contributed by atoms with Crippen molar-refractivity contribution in [1.82, 2.24) is 0 Å². The Labute approximate surface area is 147 Å². The first-order valence-electron chi connectivity index (χ1n) is 8.33. The van der Waals surface area contributed by atoms with Crippen LogP contribution in [-0.2, 0) is 9.59 Å². The molecule has 0 bridgehead atoms. The van der Waals surface area contributed by atoms with Crippen LogP contribution in [0.3, 0.4) is 0 Å². The second-order valence-corrected chi connectivity index (χ2v) is 5.90. The third-order valence-corrected chi connectivity index (χ3v) is 4.04. The molecule has 0 unspecified atom stereocenters. The van der Waals surface area contributed by atoms with Crippen LogP contribution < -0.4 is 4.90 Å². The van der Waals surface area contributed by atoms with E-state index in [-0.39, 0.29) is 18.2 Å². The molecule has 4 nitrogen and oxygen atoms in total. The summed E-state index contributed by atoms with van der Waals surface area (Å²) >= 11 is 0. The first-order valence-corrected chi connectivity index (χ1v) is 8.33. The van der Waals surface area contributed by atoms with Crippen molar-refractivity contribution in [1.29, 1.82) is 0 Å². The number of aliphatic imine (C=N–C) groups is 1. The number of rotatable bonds is 5. The van der Waals surface area contributed by atoms with Gasteiger partial charge in [-0.25, -0.2) is 0 Å². The molecule has 0 aliphatic carbocycles. The number of nitrogens with zero attached hydrogens (tertiary/aromatic N) is 2. The lowest BCUT2D eigenvalue weighted by atomic mass is 10.0. The van der Waals surface area contributed by atoms with Crippen LogP contribution in [0.4, 0.5) is 5.69 Å². The minimum Gasteiger partial charge on any atom is -0.310 e.